The Morgan fingerprint density at radius 2 is 2.15 bits per heavy atom. The van der Waals surface area contributed by atoms with Crippen LogP contribution < -0.4 is 10.1 Å². The molecule has 0 radical (unpaired) electrons. The molecule has 1 rings (SSSR count). The zero-order valence-electron chi connectivity index (χ0n) is 11.5. The number of carboxylic acids is 1. The number of ether oxygens (including phenoxy) is 1. The summed E-state index contributed by atoms with van der Waals surface area (Å²) < 4.78 is 28.5. The molecule has 0 saturated carbocycles. The molecule has 0 spiro atoms. The van der Waals surface area contributed by atoms with Crippen LogP contribution in [0.3, 0.4) is 0 Å². The van der Waals surface area contributed by atoms with Crippen molar-refractivity contribution in [2.45, 2.75) is 39.5 Å². The van der Waals surface area contributed by atoms with Crippen LogP contribution in [0, 0.1) is 5.92 Å². The highest BCUT2D eigenvalue weighted by molar-refractivity contribution is 5.73. The molecule has 0 aromatic heterocycles. The number of hydrogen-bond donors (Lipinski definition) is 2. The van der Waals surface area contributed by atoms with Gasteiger partial charge in [0.1, 0.15) is 11.8 Å². The van der Waals surface area contributed by atoms with Crippen LogP contribution in [0.15, 0.2) is 24.3 Å². The summed E-state index contributed by atoms with van der Waals surface area (Å²) in [6, 6.07) is 5.54. The largest absolute Gasteiger partial charge is 0.480 e. The number of aliphatic carboxylic acids is 1. The summed E-state index contributed by atoms with van der Waals surface area (Å²) in [5, 5.41) is 12.1. The lowest BCUT2D eigenvalue weighted by Crippen LogP contribution is -2.41. The lowest BCUT2D eigenvalue weighted by molar-refractivity contribution is -0.140. The summed E-state index contributed by atoms with van der Waals surface area (Å²) in [5.41, 5.74) is 0.692. The van der Waals surface area contributed by atoms with Gasteiger partial charge in [-0.05, 0) is 23.6 Å². The highest BCUT2D eigenvalue weighted by Crippen LogP contribution is 2.16. The van der Waals surface area contributed by atoms with E-state index in [4.69, 9.17) is 5.11 Å². The van der Waals surface area contributed by atoms with Crippen molar-refractivity contribution in [2.75, 3.05) is 0 Å². The van der Waals surface area contributed by atoms with Gasteiger partial charge in [-0.15, -0.1) is 0 Å². The number of benzene rings is 1. The predicted molar refractivity (Wildman–Crippen MR) is 70.8 cm³/mol. The molecule has 0 amide bonds. The van der Waals surface area contributed by atoms with E-state index in [1.54, 1.807) is 12.1 Å². The van der Waals surface area contributed by atoms with Gasteiger partial charge >= 0.3 is 12.6 Å². The molecule has 112 valence electrons. The Balaban J connectivity index is 2.66. The second kappa shape index (κ2) is 7.79. The molecule has 6 heteroatoms. The van der Waals surface area contributed by atoms with Gasteiger partial charge < -0.3 is 15.2 Å². The molecule has 2 N–H and O–H groups in total. The van der Waals surface area contributed by atoms with Crippen LogP contribution in [-0.2, 0) is 11.3 Å². The Morgan fingerprint density at radius 3 is 2.70 bits per heavy atom. The van der Waals surface area contributed by atoms with Crippen molar-refractivity contribution >= 4 is 5.97 Å². The Hall–Kier alpha value is -1.69. The van der Waals surface area contributed by atoms with E-state index in [0.717, 1.165) is 6.42 Å². The first kappa shape index (κ1) is 16.4. The van der Waals surface area contributed by atoms with Crippen LogP contribution in [0.5, 0.6) is 5.75 Å². The summed E-state index contributed by atoms with van der Waals surface area (Å²) in [4.78, 5) is 11.1. The number of rotatable bonds is 8. The third-order valence-electron chi connectivity index (χ3n) is 3.13. The second-order valence-electron chi connectivity index (χ2n) is 4.61. The van der Waals surface area contributed by atoms with Gasteiger partial charge in [-0.3, -0.25) is 4.79 Å². The molecule has 0 aliphatic rings. The zero-order valence-corrected chi connectivity index (χ0v) is 11.5. The van der Waals surface area contributed by atoms with Crippen molar-refractivity contribution in [1.29, 1.82) is 0 Å². The van der Waals surface area contributed by atoms with E-state index in [0.29, 0.717) is 5.56 Å². The Labute approximate surface area is 116 Å². The van der Waals surface area contributed by atoms with Gasteiger partial charge in [0.05, 0.1) is 0 Å². The van der Waals surface area contributed by atoms with Crippen molar-refractivity contribution in [1.82, 2.24) is 5.32 Å². The first-order valence-electron chi connectivity index (χ1n) is 6.44. The lowest BCUT2D eigenvalue weighted by atomic mass is 9.99. The Morgan fingerprint density at radius 1 is 1.45 bits per heavy atom. The molecular weight excluding hydrogens is 268 g/mol. The number of carboxylic acid groups (broad SMARTS) is 1. The minimum Gasteiger partial charge on any atom is -0.480 e. The van der Waals surface area contributed by atoms with Gasteiger partial charge in [0.15, 0.2) is 0 Å². The molecule has 0 aliphatic heterocycles. The molecule has 2 atom stereocenters. The SMILES string of the molecule is CC[C@H](C)[C@H](NCc1cccc(OC(F)F)c1)C(=O)O. The maximum Gasteiger partial charge on any atom is 0.387 e. The Kier molecular flexibility index (Phi) is 6.38. The fourth-order valence-corrected chi connectivity index (χ4v) is 1.83. The van der Waals surface area contributed by atoms with E-state index in [2.05, 4.69) is 10.1 Å². The fourth-order valence-electron chi connectivity index (χ4n) is 1.83. The maximum atomic E-state index is 12.1. The summed E-state index contributed by atoms with van der Waals surface area (Å²) >= 11 is 0. The monoisotopic (exact) mass is 287 g/mol. The average Bonchev–Trinajstić information content (AvgIpc) is 2.37. The van der Waals surface area contributed by atoms with Crippen molar-refractivity contribution in [3.63, 3.8) is 0 Å². The summed E-state index contributed by atoms with van der Waals surface area (Å²) in [6.07, 6.45) is 0.735. The molecule has 0 unspecified atom stereocenters. The smallest absolute Gasteiger partial charge is 0.387 e. The molecule has 0 fully saturated rings. The van der Waals surface area contributed by atoms with Crippen LogP contribution in [-0.4, -0.2) is 23.7 Å². The number of nitrogens with one attached hydrogen (secondary N) is 1. The molecular formula is C14H19F2NO3. The normalized spacial score (nSPS) is 14.1. The minimum atomic E-state index is -2.87. The van der Waals surface area contributed by atoms with Gasteiger partial charge in [0.25, 0.3) is 0 Å². The molecule has 1 aromatic carbocycles. The molecule has 0 bridgehead atoms. The van der Waals surface area contributed by atoms with E-state index in [-0.39, 0.29) is 18.2 Å². The minimum absolute atomic E-state index is 0.0204. The zero-order chi connectivity index (χ0) is 15.1. The highest BCUT2D eigenvalue weighted by Gasteiger charge is 2.22. The molecule has 20 heavy (non-hydrogen) atoms. The summed E-state index contributed by atoms with van der Waals surface area (Å²) in [7, 11) is 0. The quantitative estimate of drug-likeness (QED) is 0.772. The van der Waals surface area contributed by atoms with E-state index in [9.17, 15) is 13.6 Å². The topological polar surface area (TPSA) is 58.6 Å². The molecule has 4 nitrogen and oxygen atoms in total. The van der Waals surface area contributed by atoms with Gasteiger partial charge in [-0.2, -0.15) is 8.78 Å². The van der Waals surface area contributed by atoms with E-state index >= 15 is 0 Å². The Bertz CT molecular complexity index is 440. The first-order chi connectivity index (χ1) is 9.43. The second-order valence-corrected chi connectivity index (χ2v) is 4.61. The van der Waals surface area contributed by atoms with E-state index in [1.165, 1.54) is 12.1 Å². The molecule has 0 aliphatic carbocycles. The number of alkyl halides is 2. The van der Waals surface area contributed by atoms with Crippen LogP contribution >= 0.6 is 0 Å². The van der Waals surface area contributed by atoms with Crippen molar-refractivity contribution in [3.8, 4) is 5.75 Å². The van der Waals surface area contributed by atoms with Gasteiger partial charge in [-0.1, -0.05) is 32.4 Å². The van der Waals surface area contributed by atoms with E-state index in [1.807, 2.05) is 13.8 Å². The number of carbonyl (C=O) groups is 1. The van der Waals surface area contributed by atoms with Gasteiger partial charge in [-0.25, -0.2) is 0 Å². The highest BCUT2D eigenvalue weighted by atomic mass is 19.3. The molecule has 0 heterocycles. The van der Waals surface area contributed by atoms with Gasteiger partial charge in [0.2, 0.25) is 0 Å². The predicted octanol–water partition coefficient (Wildman–Crippen LogP) is 2.88. The summed E-state index contributed by atoms with van der Waals surface area (Å²) in [5.74, 6) is -0.873. The lowest BCUT2D eigenvalue weighted by Gasteiger charge is -2.20. The van der Waals surface area contributed by atoms with Crippen molar-refractivity contribution < 1.29 is 23.4 Å². The van der Waals surface area contributed by atoms with Gasteiger partial charge in [0, 0.05) is 6.54 Å². The first-order valence-corrected chi connectivity index (χ1v) is 6.44. The molecule has 0 saturated heterocycles. The average molecular weight is 287 g/mol. The van der Waals surface area contributed by atoms with Crippen molar-refractivity contribution in [2.24, 2.45) is 5.92 Å². The third kappa shape index (κ3) is 5.13. The number of halogens is 2. The fraction of sp³-hybridized carbons (Fsp3) is 0.500. The van der Waals surface area contributed by atoms with Crippen LogP contribution in [0.4, 0.5) is 8.78 Å². The van der Waals surface area contributed by atoms with Crippen LogP contribution in [0.25, 0.3) is 0 Å². The van der Waals surface area contributed by atoms with E-state index < -0.39 is 18.6 Å². The summed E-state index contributed by atoms with van der Waals surface area (Å²) in [6.45, 7) is 1.17. The molecule has 1 aromatic rings. The third-order valence-corrected chi connectivity index (χ3v) is 3.13. The van der Waals surface area contributed by atoms with Crippen molar-refractivity contribution in [3.05, 3.63) is 29.8 Å². The maximum absolute atomic E-state index is 12.1. The van der Waals surface area contributed by atoms with Crippen LogP contribution in [0.1, 0.15) is 25.8 Å². The number of hydrogen-bond acceptors (Lipinski definition) is 3. The van der Waals surface area contributed by atoms with Crippen LogP contribution in [0.2, 0.25) is 0 Å². The standard InChI is InChI=1S/C14H19F2NO3/c1-3-9(2)12(13(18)19)17-8-10-5-4-6-11(7-10)20-14(15)16/h4-7,9,12,14,17H,3,8H2,1-2H3,(H,18,19)/t9-,12-/m0/s1.